The van der Waals surface area contributed by atoms with Crippen LogP contribution in [0.1, 0.15) is 39.8 Å². The van der Waals surface area contributed by atoms with E-state index in [-0.39, 0.29) is 18.7 Å². The van der Waals surface area contributed by atoms with Gasteiger partial charge in [-0.15, -0.1) is 0 Å². The topological polar surface area (TPSA) is 89.7 Å². The van der Waals surface area contributed by atoms with Crippen molar-refractivity contribution in [2.75, 3.05) is 26.8 Å². The van der Waals surface area contributed by atoms with Crippen LogP contribution in [0.2, 0.25) is 5.02 Å². The molecule has 3 heterocycles. The lowest BCUT2D eigenvalue weighted by atomic mass is 9.91. The molecule has 0 aliphatic carbocycles. The van der Waals surface area contributed by atoms with Crippen LogP contribution in [0.25, 0.3) is 11.0 Å². The molecule has 1 N–H and O–H groups in total. The number of benzene rings is 2. The van der Waals surface area contributed by atoms with Crippen LogP contribution in [0.3, 0.4) is 0 Å². The molecule has 2 aromatic carbocycles. The van der Waals surface area contributed by atoms with Gasteiger partial charge in [0.2, 0.25) is 5.88 Å². The number of rotatable bonds is 10. The second kappa shape index (κ2) is 12.3. The molecule has 0 saturated carbocycles. The summed E-state index contributed by atoms with van der Waals surface area (Å²) < 4.78 is 42.5. The summed E-state index contributed by atoms with van der Waals surface area (Å²) in [5, 5.41) is 9.72. The van der Waals surface area contributed by atoms with Crippen LogP contribution in [0.15, 0.2) is 54.6 Å². The number of hydrogen-bond acceptors (Lipinski definition) is 6. The maximum atomic E-state index is 15.5. The van der Waals surface area contributed by atoms with Crippen LogP contribution in [0, 0.1) is 5.82 Å². The van der Waals surface area contributed by atoms with Gasteiger partial charge in [-0.3, -0.25) is 4.90 Å². The summed E-state index contributed by atoms with van der Waals surface area (Å²) in [5.74, 6) is -0.849. The number of methoxy groups -OCH3 is 1. The van der Waals surface area contributed by atoms with Crippen LogP contribution in [-0.2, 0) is 24.4 Å². The van der Waals surface area contributed by atoms with Crippen LogP contribution in [0.4, 0.5) is 8.78 Å². The van der Waals surface area contributed by atoms with Gasteiger partial charge in [-0.25, -0.2) is 23.5 Å². The minimum atomic E-state index is -1.17. The van der Waals surface area contributed by atoms with Gasteiger partial charge in [-0.05, 0) is 49.4 Å². The molecule has 0 radical (unpaired) electrons. The molecule has 1 saturated heterocycles. The van der Waals surface area contributed by atoms with Crippen LogP contribution >= 0.6 is 11.6 Å². The first-order chi connectivity index (χ1) is 19.3. The van der Waals surface area contributed by atoms with Crippen molar-refractivity contribution in [2.45, 2.75) is 38.2 Å². The van der Waals surface area contributed by atoms with Gasteiger partial charge in [0.1, 0.15) is 24.4 Å². The van der Waals surface area contributed by atoms with Gasteiger partial charge in [-0.1, -0.05) is 23.7 Å². The van der Waals surface area contributed by atoms with E-state index in [1.807, 2.05) is 9.47 Å². The Morgan fingerprint density at radius 3 is 2.77 bits per heavy atom. The Bertz CT molecular complexity index is 1510. The second-order valence-electron chi connectivity index (χ2n) is 9.75. The molecule has 1 aliphatic rings. The molecule has 0 spiro atoms. The van der Waals surface area contributed by atoms with E-state index in [1.54, 1.807) is 49.6 Å². The Hall–Kier alpha value is -3.60. The van der Waals surface area contributed by atoms with Gasteiger partial charge in [-0.2, -0.15) is 0 Å². The predicted octanol–water partition coefficient (Wildman–Crippen LogP) is 5.48. The highest BCUT2D eigenvalue weighted by Gasteiger charge is 2.32. The molecule has 0 amide bonds. The Balaban J connectivity index is 1.26. The summed E-state index contributed by atoms with van der Waals surface area (Å²) in [6.45, 7) is 2.14. The SMILES string of the molecule is COCCn1c(CN2CC[C@H](c3cccc(OCc4ccc(Cl)cc4F)n3)[C@@H](F)C2)nc2ccc(C(=O)O)cc21. The normalized spacial score (nSPS) is 17.8. The summed E-state index contributed by atoms with van der Waals surface area (Å²) >= 11 is 5.81. The summed E-state index contributed by atoms with van der Waals surface area (Å²) in [4.78, 5) is 22.7. The first-order valence-corrected chi connectivity index (χ1v) is 13.3. The standard InChI is InChI=1S/C29H29ClF2N4O4/c1-39-12-11-36-26-13-18(29(37)38)6-8-25(26)33-27(36)16-35-10-9-21(23(32)15-35)24-3-2-4-28(34-24)40-17-19-5-7-20(30)14-22(19)31/h2-8,13-14,21,23H,9-12,15-17H2,1H3,(H,37,38)/t21-,23-/m0/s1. The smallest absolute Gasteiger partial charge is 0.335 e. The van der Waals surface area contributed by atoms with Crippen LogP contribution < -0.4 is 4.74 Å². The number of ether oxygens (including phenoxy) is 2. The van der Waals surface area contributed by atoms with E-state index in [0.29, 0.717) is 65.9 Å². The number of imidazole rings is 1. The van der Waals surface area contributed by atoms with Gasteiger partial charge in [0.15, 0.2) is 0 Å². The average Bonchev–Trinajstić information content (AvgIpc) is 3.27. The number of carbonyl (C=O) groups is 1. The average molecular weight is 571 g/mol. The zero-order chi connectivity index (χ0) is 28.2. The summed E-state index contributed by atoms with van der Waals surface area (Å²) in [5.41, 5.74) is 2.51. The Morgan fingerprint density at radius 1 is 1.18 bits per heavy atom. The zero-order valence-electron chi connectivity index (χ0n) is 21.9. The number of piperidine rings is 1. The van der Waals surface area contributed by atoms with Gasteiger partial charge in [0.25, 0.3) is 0 Å². The maximum absolute atomic E-state index is 15.5. The van der Waals surface area contributed by atoms with Crippen molar-refractivity contribution in [3.63, 3.8) is 0 Å². The minimum Gasteiger partial charge on any atom is -0.478 e. The fraction of sp³-hybridized carbons (Fsp3) is 0.345. The number of hydrogen-bond donors (Lipinski definition) is 1. The lowest BCUT2D eigenvalue weighted by molar-refractivity contribution is 0.0697. The third kappa shape index (κ3) is 6.24. The second-order valence-corrected chi connectivity index (χ2v) is 10.2. The number of halogens is 3. The van der Waals surface area contributed by atoms with Crippen LogP contribution in [0.5, 0.6) is 5.88 Å². The third-order valence-electron chi connectivity index (χ3n) is 7.10. The Kier molecular flexibility index (Phi) is 8.58. The fourth-order valence-electron chi connectivity index (χ4n) is 5.01. The molecular formula is C29H29ClF2N4O4. The lowest BCUT2D eigenvalue weighted by Gasteiger charge is -2.34. The van der Waals surface area contributed by atoms with Crippen molar-refractivity contribution in [2.24, 2.45) is 0 Å². The quantitative estimate of drug-likeness (QED) is 0.270. The van der Waals surface area contributed by atoms with Crippen LogP contribution in [-0.4, -0.2) is 63.5 Å². The lowest BCUT2D eigenvalue weighted by Crippen LogP contribution is -2.41. The fourth-order valence-corrected chi connectivity index (χ4v) is 5.17. The van der Waals surface area contributed by atoms with Gasteiger partial charge in [0.05, 0.1) is 35.4 Å². The monoisotopic (exact) mass is 570 g/mol. The van der Waals surface area contributed by atoms with E-state index in [2.05, 4.69) is 4.98 Å². The number of carboxylic acid groups (broad SMARTS) is 1. The highest BCUT2D eigenvalue weighted by molar-refractivity contribution is 6.30. The van der Waals surface area contributed by atoms with E-state index in [1.165, 1.54) is 12.1 Å². The van der Waals surface area contributed by atoms with E-state index in [4.69, 9.17) is 26.1 Å². The molecule has 210 valence electrons. The van der Waals surface area contributed by atoms with Gasteiger partial charge in [0, 0.05) is 42.8 Å². The van der Waals surface area contributed by atoms with Gasteiger partial charge >= 0.3 is 5.97 Å². The number of aromatic nitrogens is 3. The van der Waals surface area contributed by atoms with Crippen molar-refractivity contribution in [3.8, 4) is 5.88 Å². The molecule has 40 heavy (non-hydrogen) atoms. The molecule has 1 fully saturated rings. The molecule has 2 aromatic heterocycles. The Morgan fingerprint density at radius 2 is 2.02 bits per heavy atom. The molecule has 8 nitrogen and oxygen atoms in total. The largest absolute Gasteiger partial charge is 0.478 e. The van der Waals surface area contributed by atoms with E-state index < -0.39 is 23.9 Å². The first-order valence-electron chi connectivity index (χ1n) is 12.9. The number of alkyl halides is 1. The first kappa shape index (κ1) is 27.9. The summed E-state index contributed by atoms with van der Waals surface area (Å²) in [7, 11) is 1.60. The van der Waals surface area contributed by atoms with Crippen molar-refractivity contribution in [3.05, 3.63) is 88.1 Å². The van der Waals surface area contributed by atoms with Crippen molar-refractivity contribution in [1.29, 1.82) is 0 Å². The van der Waals surface area contributed by atoms with Gasteiger partial charge < -0.3 is 19.1 Å². The summed E-state index contributed by atoms with van der Waals surface area (Å²) in [6.07, 6.45) is -0.620. The molecule has 0 bridgehead atoms. The molecule has 11 heteroatoms. The van der Waals surface area contributed by atoms with Crippen molar-refractivity contribution >= 4 is 28.6 Å². The molecular weight excluding hydrogens is 542 g/mol. The van der Waals surface area contributed by atoms with E-state index in [0.717, 1.165) is 5.82 Å². The summed E-state index contributed by atoms with van der Waals surface area (Å²) in [6, 6.07) is 14.4. The molecule has 1 aliphatic heterocycles. The number of likely N-dealkylation sites (tertiary alicyclic amines) is 1. The molecule has 4 aromatic rings. The minimum absolute atomic E-state index is 0.0189. The maximum Gasteiger partial charge on any atom is 0.335 e. The molecule has 5 rings (SSSR count). The predicted molar refractivity (Wildman–Crippen MR) is 146 cm³/mol. The highest BCUT2D eigenvalue weighted by Crippen LogP contribution is 2.31. The van der Waals surface area contributed by atoms with E-state index in [9.17, 15) is 14.3 Å². The van der Waals surface area contributed by atoms with Crippen molar-refractivity contribution in [1.82, 2.24) is 19.4 Å². The Labute approximate surface area is 235 Å². The number of pyridine rings is 1. The molecule has 0 unspecified atom stereocenters. The third-order valence-corrected chi connectivity index (χ3v) is 7.33. The number of carboxylic acids is 1. The molecule has 2 atom stereocenters. The van der Waals surface area contributed by atoms with Crippen molar-refractivity contribution < 1.29 is 28.2 Å². The number of fused-ring (bicyclic) bond motifs is 1. The highest BCUT2D eigenvalue weighted by atomic mass is 35.5. The zero-order valence-corrected chi connectivity index (χ0v) is 22.7. The number of aromatic carboxylic acids is 1. The number of nitrogens with zero attached hydrogens (tertiary/aromatic N) is 4. The van der Waals surface area contributed by atoms with E-state index >= 15 is 4.39 Å².